The van der Waals surface area contributed by atoms with Gasteiger partial charge in [-0.3, -0.25) is 9.88 Å². The zero-order valence-corrected chi connectivity index (χ0v) is 22.8. The average Bonchev–Trinajstić information content (AvgIpc) is 3.68. The van der Waals surface area contributed by atoms with E-state index in [4.69, 9.17) is 4.74 Å². The third-order valence-electron chi connectivity index (χ3n) is 9.74. The summed E-state index contributed by atoms with van der Waals surface area (Å²) in [4.78, 5) is 7.16. The lowest BCUT2D eigenvalue weighted by molar-refractivity contribution is -0.00495. The molecule has 0 radical (unpaired) electrons. The predicted molar refractivity (Wildman–Crippen MR) is 159 cm³/mol. The molecule has 3 unspecified atom stereocenters. The van der Waals surface area contributed by atoms with E-state index in [0.717, 1.165) is 47.6 Å². The number of hydrogen-bond acceptors (Lipinski definition) is 4. The zero-order chi connectivity index (χ0) is 26.6. The van der Waals surface area contributed by atoms with E-state index in [9.17, 15) is 5.11 Å². The van der Waals surface area contributed by atoms with Crippen LogP contribution in [-0.2, 0) is 6.54 Å². The molecule has 2 aliphatic rings. The zero-order valence-electron chi connectivity index (χ0n) is 22.8. The van der Waals surface area contributed by atoms with Gasteiger partial charge in [0.2, 0.25) is 0 Å². The Morgan fingerprint density at radius 1 is 0.949 bits per heavy atom. The van der Waals surface area contributed by atoms with Crippen LogP contribution in [0.15, 0.2) is 85.1 Å². The number of methoxy groups -OCH3 is 1. The Labute approximate surface area is 230 Å². The maximum atomic E-state index is 12.2. The van der Waals surface area contributed by atoms with E-state index in [1.807, 2.05) is 30.5 Å². The lowest BCUT2D eigenvalue weighted by Crippen LogP contribution is -2.46. The van der Waals surface area contributed by atoms with E-state index in [1.165, 1.54) is 46.4 Å². The first-order valence-electron chi connectivity index (χ1n) is 14.3. The summed E-state index contributed by atoms with van der Waals surface area (Å²) in [6, 6.07) is 27.8. The number of aromatic nitrogens is 1. The molecule has 39 heavy (non-hydrogen) atoms. The Hall–Kier alpha value is -3.47. The summed E-state index contributed by atoms with van der Waals surface area (Å²) in [6.45, 7) is 4.15. The molecular formula is C35H36N2O2. The van der Waals surface area contributed by atoms with Crippen LogP contribution in [0.2, 0.25) is 0 Å². The fraction of sp³-hybridized carbons (Fsp3) is 0.343. The Morgan fingerprint density at radius 2 is 1.69 bits per heavy atom. The fourth-order valence-electron chi connectivity index (χ4n) is 7.47. The minimum Gasteiger partial charge on any atom is -0.497 e. The Kier molecular flexibility index (Phi) is 6.06. The molecule has 0 amide bonds. The average molecular weight is 517 g/mol. The van der Waals surface area contributed by atoms with Crippen molar-refractivity contribution in [1.29, 1.82) is 0 Å². The second-order valence-corrected chi connectivity index (χ2v) is 11.7. The fourth-order valence-corrected chi connectivity index (χ4v) is 7.47. The summed E-state index contributed by atoms with van der Waals surface area (Å²) in [7, 11) is 1.69. The van der Waals surface area contributed by atoms with E-state index in [2.05, 4.69) is 71.4 Å². The number of rotatable bonds is 6. The molecule has 7 rings (SSSR count). The van der Waals surface area contributed by atoms with Gasteiger partial charge in [-0.05, 0) is 100 Å². The molecule has 0 bridgehead atoms. The summed E-state index contributed by atoms with van der Waals surface area (Å²) in [5.41, 5.74) is 3.57. The van der Waals surface area contributed by atoms with Crippen LogP contribution in [0.4, 0.5) is 0 Å². The van der Waals surface area contributed by atoms with Crippen LogP contribution < -0.4 is 4.74 Å². The highest BCUT2D eigenvalue weighted by Crippen LogP contribution is 2.63. The second-order valence-electron chi connectivity index (χ2n) is 11.7. The van der Waals surface area contributed by atoms with Gasteiger partial charge in [-0.15, -0.1) is 0 Å². The number of hydrogen-bond donors (Lipinski definition) is 1. The Bertz CT molecular complexity index is 1630. The van der Waals surface area contributed by atoms with Crippen LogP contribution in [0.5, 0.6) is 5.75 Å². The number of nitrogens with zero attached hydrogens (tertiary/aromatic N) is 2. The molecule has 4 atom stereocenters. The highest BCUT2D eigenvalue weighted by Gasteiger charge is 2.56. The topological polar surface area (TPSA) is 45.6 Å². The lowest BCUT2D eigenvalue weighted by Gasteiger charge is -2.43. The highest BCUT2D eigenvalue weighted by molar-refractivity contribution is 6.02. The van der Waals surface area contributed by atoms with Crippen molar-refractivity contribution in [2.75, 3.05) is 13.7 Å². The van der Waals surface area contributed by atoms with Gasteiger partial charge in [-0.25, -0.2) is 0 Å². The first-order valence-corrected chi connectivity index (χ1v) is 14.3. The number of aliphatic hydroxyl groups is 1. The number of benzene rings is 4. The number of pyridine rings is 1. The van der Waals surface area contributed by atoms with Crippen molar-refractivity contribution in [1.82, 2.24) is 9.88 Å². The van der Waals surface area contributed by atoms with Crippen LogP contribution in [0, 0.1) is 11.3 Å². The quantitative estimate of drug-likeness (QED) is 0.235. The minimum atomic E-state index is -0.612. The van der Waals surface area contributed by atoms with Gasteiger partial charge >= 0.3 is 0 Å². The van der Waals surface area contributed by atoms with E-state index < -0.39 is 6.10 Å². The van der Waals surface area contributed by atoms with Crippen molar-refractivity contribution >= 4 is 32.4 Å². The first-order chi connectivity index (χ1) is 19.1. The molecule has 5 aromatic rings. The van der Waals surface area contributed by atoms with Crippen LogP contribution in [0.25, 0.3) is 32.4 Å². The summed E-state index contributed by atoms with van der Waals surface area (Å²) >= 11 is 0. The van der Waals surface area contributed by atoms with Crippen molar-refractivity contribution in [3.63, 3.8) is 0 Å². The molecule has 2 fully saturated rings. The maximum Gasteiger partial charge on any atom is 0.119 e. The van der Waals surface area contributed by atoms with Crippen molar-refractivity contribution in [3.05, 3.63) is 96.2 Å². The van der Waals surface area contributed by atoms with E-state index in [0.29, 0.717) is 5.41 Å². The van der Waals surface area contributed by atoms with Gasteiger partial charge in [0.15, 0.2) is 0 Å². The monoisotopic (exact) mass is 516 g/mol. The predicted octanol–water partition coefficient (Wildman–Crippen LogP) is 7.66. The van der Waals surface area contributed by atoms with Gasteiger partial charge in [0, 0.05) is 24.2 Å². The third kappa shape index (κ3) is 4.18. The standard InChI is InChI=1S/C35H36N2O2/c1-3-25-20-35(25)15-17-37(22-31-27-10-6-4-8-23(27)18-24-9-5-7-11-28(24)31)33(21-35)34(38)29-14-16-36-32-13-12-26(39-2)19-30(29)32/h4-14,16,18-19,25,33-34,38H,3,15,17,20-22H2,1-2H3/t25?,33?,34-,35?/m1/s1. The number of fused-ring (bicyclic) bond motifs is 3. The van der Waals surface area contributed by atoms with E-state index in [1.54, 1.807) is 7.11 Å². The minimum absolute atomic E-state index is 0.0323. The Balaban J connectivity index is 1.32. The summed E-state index contributed by atoms with van der Waals surface area (Å²) in [5.74, 6) is 1.57. The molecule has 4 aromatic carbocycles. The number of aliphatic hydroxyl groups excluding tert-OH is 1. The van der Waals surface area contributed by atoms with Gasteiger partial charge in [0.25, 0.3) is 0 Å². The maximum absolute atomic E-state index is 12.2. The number of ether oxygens (including phenoxy) is 1. The number of piperidine rings is 1. The van der Waals surface area contributed by atoms with E-state index >= 15 is 0 Å². The summed E-state index contributed by atoms with van der Waals surface area (Å²) in [6.07, 6.45) is 5.99. The normalized spacial score (nSPS) is 24.0. The van der Waals surface area contributed by atoms with Crippen molar-refractivity contribution in [3.8, 4) is 5.75 Å². The first kappa shape index (κ1) is 24.6. The molecule has 2 heterocycles. The van der Waals surface area contributed by atoms with Gasteiger partial charge in [0.05, 0.1) is 18.7 Å². The summed E-state index contributed by atoms with van der Waals surface area (Å²) in [5, 5.41) is 18.3. The molecular weight excluding hydrogens is 480 g/mol. The van der Waals surface area contributed by atoms with Gasteiger partial charge < -0.3 is 9.84 Å². The molecule has 1 saturated carbocycles. The molecule has 4 heteroatoms. The van der Waals surface area contributed by atoms with Crippen molar-refractivity contribution < 1.29 is 9.84 Å². The molecule has 1 saturated heterocycles. The van der Waals surface area contributed by atoms with Crippen molar-refractivity contribution in [2.45, 2.75) is 51.3 Å². The van der Waals surface area contributed by atoms with Crippen LogP contribution in [0.3, 0.4) is 0 Å². The molecule has 1 aromatic heterocycles. The summed E-state index contributed by atoms with van der Waals surface area (Å²) < 4.78 is 5.54. The lowest BCUT2D eigenvalue weighted by atomic mass is 9.81. The molecule has 1 N–H and O–H groups in total. The van der Waals surface area contributed by atoms with E-state index in [-0.39, 0.29) is 6.04 Å². The third-order valence-corrected chi connectivity index (χ3v) is 9.74. The second kappa shape index (κ2) is 9.62. The van der Waals surface area contributed by atoms with Crippen molar-refractivity contribution in [2.24, 2.45) is 11.3 Å². The van der Waals surface area contributed by atoms with Crippen LogP contribution in [-0.4, -0.2) is 34.7 Å². The SMILES string of the molecule is CCC1CC12CCN(Cc1c3ccccc3cc3ccccc13)C([C@H](O)c1ccnc3ccc(OC)cc13)C2. The van der Waals surface area contributed by atoms with Gasteiger partial charge in [-0.1, -0.05) is 61.9 Å². The smallest absolute Gasteiger partial charge is 0.119 e. The van der Waals surface area contributed by atoms with Gasteiger partial charge in [0.1, 0.15) is 5.75 Å². The molecule has 198 valence electrons. The molecule has 4 nitrogen and oxygen atoms in total. The Morgan fingerprint density at radius 3 is 2.38 bits per heavy atom. The highest BCUT2D eigenvalue weighted by atomic mass is 16.5. The van der Waals surface area contributed by atoms with Gasteiger partial charge in [-0.2, -0.15) is 0 Å². The van der Waals surface area contributed by atoms with Crippen LogP contribution in [0.1, 0.15) is 49.8 Å². The number of likely N-dealkylation sites (tertiary alicyclic amines) is 1. The molecule has 1 spiro atoms. The molecule has 1 aliphatic carbocycles. The largest absolute Gasteiger partial charge is 0.497 e. The van der Waals surface area contributed by atoms with Crippen LogP contribution >= 0.6 is 0 Å². The molecule has 1 aliphatic heterocycles.